The molecule has 1 rings (SSSR count). The lowest BCUT2D eigenvalue weighted by atomic mass is 10.3. The number of nitrogens with two attached hydrogens (primary N) is 2. The second-order valence-electron chi connectivity index (χ2n) is 2.86. The second kappa shape index (κ2) is 4.38. The van der Waals surface area contributed by atoms with Crippen LogP contribution in [0.25, 0.3) is 0 Å². The Morgan fingerprint density at radius 1 is 1.50 bits per heavy atom. The number of nitrogen functional groups attached to an aromatic ring is 1. The third-order valence-electron chi connectivity index (χ3n) is 1.37. The van der Waals surface area contributed by atoms with E-state index in [1.54, 1.807) is 11.8 Å². The van der Waals surface area contributed by atoms with Gasteiger partial charge in [0.15, 0.2) is 0 Å². The number of rotatable bonds is 3. The Morgan fingerprint density at radius 3 is 2.83 bits per heavy atom. The molecule has 0 aliphatic heterocycles. The molecule has 66 valence electrons. The maximum absolute atomic E-state index is 5.63. The fourth-order valence-electron chi connectivity index (χ4n) is 0.832. The van der Waals surface area contributed by atoms with E-state index in [0.717, 1.165) is 11.4 Å². The van der Waals surface area contributed by atoms with Crippen molar-refractivity contribution < 1.29 is 0 Å². The van der Waals surface area contributed by atoms with Gasteiger partial charge in [-0.15, -0.1) is 11.8 Å². The van der Waals surface area contributed by atoms with Crippen molar-refractivity contribution in [1.29, 1.82) is 0 Å². The molecule has 0 radical (unpaired) electrons. The quantitative estimate of drug-likeness (QED) is 0.552. The molecule has 0 amide bonds. The first-order valence-electron chi connectivity index (χ1n) is 3.92. The Hall–Kier alpha value is -0.670. The highest BCUT2D eigenvalue weighted by Crippen LogP contribution is 2.20. The Morgan fingerprint density at radius 2 is 2.25 bits per heavy atom. The van der Waals surface area contributed by atoms with Gasteiger partial charge in [0.25, 0.3) is 0 Å². The average Bonchev–Trinajstić information content (AvgIpc) is 2.01. The smallest absolute Gasteiger partial charge is 0.0325 e. The molecule has 0 bridgehead atoms. The second-order valence-corrected chi connectivity index (χ2v) is 3.95. The molecule has 0 heterocycles. The maximum atomic E-state index is 5.63. The van der Waals surface area contributed by atoms with Crippen molar-refractivity contribution in [3.8, 4) is 0 Å². The van der Waals surface area contributed by atoms with Gasteiger partial charge >= 0.3 is 0 Å². The normalized spacial score (nSPS) is 12.8. The van der Waals surface area contributed by atoms with E-state index in [1.165, 1.54) is 4.90 Å². The number of benzene rings is 1. The third kappa shape index (κ3) is 3.15. The van der Waals surface area contributed by atoms with Crippen molar-refractivity contribution in [2.24, 2.45) is 5.73 Å². The summed E-state index contributed by atoms with van der Waals surface area (Å²) in [5, 5.41) is 0. The molecule has 1 unspecified atom stereocenters. The monoisotopic (exact) mass is 182 g/mol. The van der Waals surface area contributed by atoms with Crippen molar-refractivity contribution in [2.75, 3.05) is 11.5 Å². The third-order valence-corrected chi connectivity index (χ3v) is 2.65. The molecule has 0 spiro atoms. The molecular weight excluding hydrogens is 168 g/mol. The van der Waals surface area contributed by atoms with E-state index in [1.807, 2.05) is 31.2 Å². The van der Waals surface area contributed by atoms with Crippen LogP contribution in [-0.2, 0) is 0 Å². The van der Waals surface area contributed by atoms with Crippen LogP contribution in [0.2, 0.25) is 0 Å². The van der Waals surface area contributed by atoms with Crippen LogP contribution in [0.4, 0.5) is 5.69 Å². The molecule has 1 atom stereocenters. The van der Waals surface area contributed by atoms with E-state index >= 15 is 0 Å². The molecule has 0 aliphatic carbocycles. The fourth-order valence-corrected chi connectivity index (χ4v) is 1.68. The highest BCUT2D eigenvalue weighted by atomic mass is 32.2. The molecule has 1 aromatic carbocycles. The van der Waals surface area contributed by atoms with Gasteiger partial charge in [-0.05, 0) is 25.1 Å². The van der Waals surface area contributed by atoms with Gasteiger partial charge in [0.1, 0.15) is 0 Å². The van der Waals surface area contributed by atoms with Crippen molar-refractivity contribution in [1.82, 2.24) is 0 Å². The van der Waals surface area contributed by atoms with Gasteiger partial charge in [0.05, 0.1) is 0 Å². The Bertz CT molecular complexity index is 248. The van der Waals surface area contributed by atoms with Gasteiger partial charge in [-0.1, -0.05) is 6.07 Å². The van der Waals surface area contributed by atoms with Crippen molar-refractivity contribution in [3.63, 3.8) is 0 Å². The lowest BCUT2D eigenvalue weighted by Crippen LogP contribution is -2.17. The van der Waals surface area contributed by atoms with Crippen LogP contribution in [0.1, 0.15) is 6.92 Å². The minimum atomic E-state index is 0.233. The van der Waals surface area contributed by atoms with Crippen LogP contribution < -0.4 is 11.5 Å². The zero-order valence-corrected chi connectivity index (χ0v) is 7.97. The molecule has 0 saturated heterocycles. The zero-order chi connectivity index (χ0) is 8.97. The van der Waals surface area contributed by atoms with Crippen LogP contribution in [0, 0.1) is 0 Å². The van der Waals surface area contributed by atoms with Gasteiger partial charge < -0.3 is 11.5 Å². The molecule has 0 aromatic heterocycles. The number of hydrogen-bond acceptors (Lipinski definition) is 3. The number of thioether (sulfide) groups is 1. The Labute approximate surface area is 77.3 Å². The van der Waals surface area contributed by atoms with E-state index in [0.29, 0.717) is 0 Å². The molecule has 0 fully saturated rings. The number of hydrogen-bond donors (Lipinski definition) is 2. The topological polar surface area (TPSA) is 52.0 Å². The summed E-state index contributed by atoms with van der Waals surface area (Å²) < 4.78 is 0. The first-order valence-corrected chi connectivity index (χ1v) is 4.91. The summed E-state index contributed by atoms with van der Waals surface area (Å²) in [5.74, 6) is 0.934. The standard InChI is InChI=1S/C9H14N2S/c1-7(10)6-12-9-4-2-3-8(11)5-9/h2-5,7H,6,10-11H2,1H3. The minimum absolute atomic E-state index is 0.233. The fraction of sp³-hybridized carbons (Fsp3) is 0.333. The molecule has 2 nitrogen and oxygen atoms in total. The Kier molecular flexibility index (Phi) is 3.44. The molecule has 4 N–H and O–H groups in total. The first kappa shape index (κ1) is 9.42. The predicted octanol–water partition coefficient (Wildman–Crippen LogP) is 1.71. The van der Waals surface area contributed by atoms with E-state index in [2.05, 4.69) is 0 Å². The minimum Gasteiger partial charge on any atom is -0.399 e. The van der Waals surface area contributed by atoms with E-state index in [4.69, 9.17) is 11.5 Å². The van der Waals surface area contributed by atoms with Crippen molar-refractivity contribution >= 4 is 17.4 Å². The van der Waals surface area contributed by atoms with Crippen LogP contribution in [0.3, 0.4) is 0 Å². The van der Waals surface area contributed by atoms with E-state index in [9.17, 15) is 0 Å². The molecular formula is C9H14N2S. The molecule has 0 aliphatic rings. The zero-order valence-electron chi connectivity index (χ0n) is 7.16. The summed E-state index contributed by atoms with van der Waals surface area (Å²) in [5.41, 5.74) is 12.1. The maximum Gasteiger partial charge on any atom is 0.0325 e. The van der Waals surface area contributed by atoms with Gasteiger partial charge in [-0.3, -0.25) is 0 Å². The van der Waals surface area contributed by atoms with Gasteiger partial charge in [0.2, 0.25) is 0 Å². The van der Waals surface area contributed by atoms with Crippen molar-refractivity contribution in [2.45, 2.75) is 17.9 Å². The van der Waals surface area contributed by atoms with Gasteiger partial charge in [-0.2, -0.15) is 0 Å². The molecule has 0 saturated carbocycles. The SMILES string of the molecule is CC(N)CSc1cccc(N)c1. The van der Waals surface area contributed by atoms with E-state index in [-0.39, 0.29) is 6.04 Å². The van der Waals surface area contributed by atoms with Crippen molar-refractivity contribution in [3.05, 3.63) is 24.3 Å². The number of anilines is 1. The summed E-state index contributed by atoms with van der Waals surface area (Å²) in [7, 11) is 0. The van der Waals surface area contributed by atoms with Crippen LogP contribution >= 0.6 is 11.8 Å². The largest absolute Gasteiger partial charge is 0.399 e. The van der Waals surface area contributed by atoms with E-state index < -0.39 is 0 Å². The lowest BCUT2D eigenvalue weighted by Gasteiger charge is -2.04. The average molecular weight is 182 g/mol. The lowest BCUT2D eigenvalue weighted by molar-refractivity contribution is 0.847. The molecule has 3 heteroatoms. The highest BCUT2D eigenvalue weighted by Gasteiger charge is 1.96. The van der Waals surface area contributed by atoms with Crippen LogP contribution in [-0.4, -0.2) is 11.8 Å². The Balaban J connectivity index is 2.52. The van der Waals surface area contributed by atoms with Crippen LogP contribution in [0.5, 0.6) is 0 Å². The summed E-state index contributed by atoms with van der Waals surface area (Å²) >= 11 is 1.74. The van der Waals surface area contributed by atoms with Gasteiger partial charge in [-0.25, -0.2) is 0 Å². The summed E-state index contributed by atoms with van der Waals surface area (Å²) in [6.07, 6.45) is 0. The summed E-state index contributed by atoms with van der Waals surface area (Å²) in [6, 6.07) is 8.09. The molecule has 12 heavy (non-hydrogen) atoms. The highest BCUT2D eigenvalue weighted by molar-refractivity contribution is 7.99. The van der Waals surface area contributed by atoms with Gasteiger partial charge in [0, 0.05) is 22.4 Å². The predicted molar refractivity (Wildman–Crippen MR) is 55.2 cm³/mol. The summed E-state index contributed by atoms with van der Waals surface area (Å²) in [6.45, 7) is 2.00. The summed E-state index contributed by atoms with van der Waals surface area (Å²) in [4.78, 5) is 1.19. The first-order chi connectivity index (χ1) is 5.68. The van der Waals surface area contributed by atoms with Crippen LogP contribution in [0.15, 0.2) is 29.2 Å². The molecule has 1 aromatic rings.